The summed E-state index contributed by atoms with van der Waals surface area (Å²) in [6, 6.07) is 3.82. The predicted octanol–water partition coefficient (Wildman–Crippen LogP) is 3.65. The van der Waals surface area contributed by atoms with Crippen LogP contribution >= 0.6 is 0 Å². The Labute approximate surface area is 150 Å². The Morgan fingerprint density at radius 3 is 2.64 bits per heavy atom. The van der Waals surface area contributed by atoms with E-state index >= 15 is 0 Å². The molecular formula is C20H29NO4. The molecule has 5 heteroatoms. The number of rotatable bonds is 6. The summed E-state index contributed by atoms with van der Waals surface area (Å²) >= 11 is 0. The number of carbonyl (C=O) groups is 1. The van der Waals surface area contributed by atoms with Gasteiger partial charge in [-0.05, 0) is 37.3 Å². The lowest BCUT2D eigenvalue weighted by Crippen LogP contribution is -2.42. The molecule has 0 unspecified atom stereocenters. The fourth-order valence-corrected chi connectivity index (χ4v) is 4.05. The average Bonchev–Trinajstić information content (AvgIpc) is 2.69. The van der Waals surface area contributed by atoms with Crippen molar-refractivity contribution in [1.82, 2.24) is 4.98 Å². The van der Waals surface area contributed by atoms with Gasteiger partial charge in [-0.3, -0.25) is 9.78 Å². The first-order valence-corrected chi connectivity index (χ1v) is 9.50. The molecule has 0 aromatic carbocycles. The van der Waals surface area contributed by atoms with Crippen LogP contribution in [0.25, 0.3) is 0 Å². The van der Waals surface area contributed by atoms with Crippen LogP contribution in [0.3, 0.4) is 0 Å². The molecule has 2 aliphatic rings. The molecule has 2 heterocycles. The number of carbonyl (C=O) groups excluding carboxylic acids is 1. The minimum absolute atomic E-state index is 0.228. The number of nitrogens with zero attached hydrogens (tertiary/aromatic N) is 1. The van der Waals surface area contributed by atoms with Crippen LogP contribution in [0.5, 0.6) is 5.75 Å². The molecular weight excluding hydrogens is 318 g/mol. The van der Waals surface area contributed by atoms with Gasteiger partial charge in [0.2, 0.25) is 0 Å². The normalized spacial score (nSPS) is 20.8. The predicted molar refractivity (Wildman–Crippen MR) is 94.7 cm³/mol. The van der Waals surface area contributed by atoms with E-state index in [9.17, 15) is 4.79 Å². The first-order chi connectivity index (χ1) is 12.2. The van der Waals surface area contributed by atoms with Gasteiger partial charge >= 0.3 is 5.97 Å². The summed E-state index contributed by atoms with van der Waals surface area (Å²) in [6.07, 6.45) is 10.8. The van der Waals surface area contributed by atoms with Crippen molar-refractivity contribution < 1.29 is 19.0 Å². The Bertz CT molecular complexity index is 545. The first kappa shape index (κ1) is 18.2. The molecule has 0 amide bonds. The highest BCUT2D eigenvalue weighted by atomic mass is 16.5. The second kappa shape index (κ2) is 8.65. The minimum Gasteiger partial charge on any atom is -0.492 e. The fourth-order valence-electron chi connectivity index (χ4n) is 4.05. The molecule has 1 aliphatic heterocycles. The van der Waals surface area contributed by atoms with Crippen LogP contribution in [0, 0.1) is 5.92 Å². The van der Waals surface area contributed by atoms with E-state index in [4.69, 9.17) is 14.2 Å². The van der Waals surface area contributed by atoms with Gasteiger partial charge in [-0.25, -0.2) is 0 Å². The Morgan fingerprint density at radius 1 is 1.24 bits per heavy atom. The van der Waals surface area contributed by atoms with E-state index in [-0.39, 0.29) is 5.97 Å². The van der Waals surface area contributed by atoms with Crippen LogP contribution in [0.15, 0.2) is 18.3 Å². The van der Waals surface area contributed by atoms with Crippen molar-refractivity contribution in [3.8, 4) is 5.75 Å². The number of esters is 1. The van der Waals surface area contributed by atoms with Gasteiger partial charge in [-0.15, -0.1) is 0 Å². The van der Waals surface area contributed by atoms with Gasteiger partial charge in [0.1, 0.15) is 11.2 Å². The number of ether oxygens (including phenoxy) is 3. The van der Waals surface area contributed by atoms with Crippen molar-refractivity contribution in [2.75, 3.05) is 26.9 Å². The summed E-state index contributed by atoms with van der Waals surface area (Å²) in [4.78, 5) is 16.9. The second-order valence-corrected chi connectivity index (χ2v) is 7.21. The maximum atomic E-state index is 12.4. The molecule has 1 aromatic heterocycles. The van der Waals surface area contributed by atoms with Gasteiger partial charge in [0.25, 0.3) is 0 Å². The summed E-state index contributed by atoms with van der Waals surface area (Å²) in [5, 5.41) is 0. The van der Waals surface area contributed by atoms with Gasteiger partial charge < -0.3 is 14.2 Å². The molecule has 138 valence electrons. The number of hydrogen-bond donors (Lipinski definition) is 0. The Kier molecular flexibility index (Phi) is 6.29. The van der Waals surface area contributed by atoms with E-state index in [1.807, 2.05) is 12.1 Å². The van der Waals surface area contributed by atoms with E-state index in [1.54, 1.807) is 6.20 Å². The van der Waals surface area contributed by atoms with Crippen molar-refractivity contribution >= 4 is 5.97 Å². The Balaban J connectivity index is 1.59. The summed E-state index contributed by atoms with van der Waals surface area (Å²) < 4.78 is 16.3. The van der Waals surface area contributed by atoms with Gasteiger partial charge in [0.05, 0.1) is 25.6 Å². The fraction of sp³-hybridized carbons (Fsp3) is 0.700. The van der Waals surface area contributed by atoms with Crippen molar-refractivity contribution in [3.63, 3.8) is 0 Å². The van der Waals surface area contributed by atoms with Crippen LogP contribution in [-0.4, -0.2) is 37.9 Å². The highest BCUT2D eigenvalue weighted by molar-refractivity contribution is 5.82. The number of methoxy groups -OCH3 is 1. The summed E-state index contributed by atoms with van der Waals surface area (Å²) in [5.74, 6) is 1.35. The highest BCUT2D eigenvalue weighted by Crippen LogP contribution is 2.35. The van der Waals surface area contributed by atoms with Crippen LogP contribution in [0.2, 0.25) is 0 Å². The summed E-state index contributed by atoms with van der Waals surface area (Å²) in [5.41, 5.74) is 0.0652. The zero-order valence-corrected chi connectivity index (χ0v) is 15.2. The lowest BCUT2D eigenvalue weighted by molar-refractivity contribution is -0.151. The van der Waals surface area contributed by atoms with Crippen molar-refractivity contribution in [2.45, 2.75) is 56.8 Å². The molecule has 1 aliphatic carbocycles. The monoisotopic (exact) mass is 347 g/mol. The minimum atomic E-state index is -0.687. The Hall–Kier alpha value is -1.62. The maximum Gasteiger partial charge on any atom is 0.318 e. The smallest absolute Gasteiger partial charge is 0.318 e. The first-order valence-electron chi connectivity index (χ1n) is 9.50. The summed E-state index contributed by atoms with van der Waals surface area (Å²) in [6.45, 7) is 1.84. The van der Waals surface area contributed by atoms with Crippen LogP contribution < -0.4 is 4.74 Å². The van der Waals surface area contributed by atoms with Crippen LogP contribution in [0.4, 0.5) is 0 Å². The molecule has 1 saturated heterocycles. The van der Waals surface area contributed by atoms with Gasteiger partial charge in [0, 0.05) is 13.2 Å². The summed E-state index contributed by atoms with van der Waals surface area (Å²) in [7, 11) is 1.43. The van der Waals surface area contributed by atoms with Crippen molar-refractivity contribution in [3.05, 3.63) is 24.0 Å². The van der Waals surface area contributed by atoms with E-state index < -0.39 is 5.41 Å². The zero-order valence-electron chi connectivity index (χ0n) is 15.2. The van der Waals surface area contributed by atoms with Crippen LogP contribution in [0.1, 0.15) is 57.1 Å². The molecule has 0 N–H and O–H groups in total. The number of aromatic nitrogens is 1. The van der Waals surface area contributed by atoms with Gasteiger partial charge in [-0.1, -0.05) is 32.1 Å². The average molecular weight is 347 g/mol. The number of hydrogen-bond acceptors (Lipinski definition) is 5. The van der Waals surface area contributed by atoms with E-state index in [2.05, 4.69) is 4.98 Å². The molecule has 0 bridgehead atoms. The molecule has 3 rings (SSSR count). The number of pyridine rings is 1. The second-order valence-electron chi connectivity index (χ2n) is 7.21. The lowest BCUT2D eigenvalue weighted by atomic mass is 9.77. The molecule has 0 radical (unpaired) electrons. The third-order valence-corrected chi connectivity index (χ3v) is 5.67. The standard InChI is InChI=1S/C20H29NO4/c1-23-19(22)20(10-13-24-14-11-20)18-8-7-17(15-21-18)25-12-9-16-5-3-2-4-6-16/h7-8,15-16H,2-6,9-14H2,1H3. The van der Waals surface area contributed by atoms with Crippen molar-refractivity contribution in [2.24, 2.45) is 5.92 Å². The zero-order chi connectivity index (χ0) is 17.5. The highest BCUT2D eigenvalue weighted by Gasteiger charge is 2.44. The molecule has 1 saturated carbocycles. The van der Waals surface area contributed by atoms with Crippen molar-refractivity contribution in [1.29, 1.82) is 0 Å². The molecule has 2 fully saturated rings. The third-order valence-electron chi connectivity index (χ3n) is 5.67. The maximum absolute atomic E-state index is 12.4. The van der Waals surface area contributed by atoms with Gasteiger partial charge in [-0.2, -0.15) is 0 Å². The molecule has 5 nitrogen and oxygen atoms in total. The van der Waals surface area contributed by atoms with Gasteiger partial charge in [0.15, 0.2) is 0 Å². The third kappa shape index (κ3) is 4.32. The molecule has 0 atom stereocenters. The largest absolute Gasteiger partial charge is 0.492 e. The quantitative estimate of drug-likeness (QED) is 0.735. The lowest BCUT2D eigenvalue weighted by Gasteiger charge is -2.33. The molecule has 25 heavy (non-hydrogen) atoms. The van der Waals surface area contributed by atoms with E-state index in [0.717, 1.165) is 30.4 Å². The van der Waals surface area contributed by atoms with Crippen LogP contribution in [-0.2, 0) is 19.7 Å². The molecule has 0 spiro atoms. The SMILES string of the molecule is COC(=O)C1(c2ccc(OCCC3CCCCC3)cn2)CCOCC1. The molecule has 1 aromatic rings. The topological polar surface area (TPSA) is 57.7 Å². The van der Waals surface area contributed by atoms with E-state index in [0.29, 0.717) is 26.1 Å². The Morgan fingerprint density at radius 2 is 2.00 bits per heavy atom. The van der Waals surface area contributed by atoms with E-state index in [1.165, 1.54) is 39.2 Å².